The number of rotatable bonds is 6. The maximum absolute atomic E-state index is 12.7. The Bertz CT molecular complexity index is 1320. The minimum atomic E-state index is -0.226. The van der Waals surface area contributed by atoms with Crippen LogP contribution in [0, 0.1) is 0 Å². The molecule has 0 saturated heterocycles. The van der Waals surface area contributed by atoms with Crippen molar-refractivity contribution in [3.8, 4) is 33.4 Å². The number of benzene rings is 1. The maximum atomic E-state index is 12.7. The van der Waals surface area contributed by atoms with Crippen molar-refractivity contribution in [2.75, 3.05) is 18.5 Å². The molecule has 10 heteroatoms. The lowest BCUT2D eigenvalue weighted by molar-refractivity contribution is -0.119. The van der Waals surface area contributed by atoms with Crippen LogP contribution >= 0.6 is 22.7 Å². The maximum Gasteiger partial charge on any atom is 0.267 e. The zero-order valence-electron chi connectivity index (χ0n) is 17.5. The second kappa shape index (κ2) is 9.08. The first-order chi connectivity index (χ1) is 16.0. The van der Waals surface area contributed by atoms with Gasteiger partial charge in [-0.2, -0.15) is 0 Å². The number of hydrogen-bond donors (Lipinski definition) is 2. The molecule has 0 spiro atoms. The molecular formula is C23H19N3O5S2. The van der Waals surface area contributed by atoms with Crippen molar-refractivity contribution in [2.45, 2.75) is 13.5 Å². The molecule has 0 saturated carbocycles. The summed E-state index contributed by atoms with van der Waals surface area (Å²) in [5, 5.41) is 7.82. The van der Waals surface area contributed by atoms with E-state index in [-0.39, 0.29) is 11.8 Å². The first kappa shape index (κ1) is 21.2. The molecular weight excluding hydrogens is 462 g/mol. The quantitative estimate of drug-likeness (QED) is 0.410. The summed E-state index contributed by atoms with van der Waals surface area (Å²) in [6, 6.07) is 13.1. The molecule has 3 aromatic heterocycles. The van der Waals surface area contributed by atoms with Gasteiger partial charge < -0.3 is 19.2 Å². The van der Waals surface area contributed by atoms with Crippen LogP contribution in [0.25, 0.3) is 21.9 Å². The zero-order chi connectivity index (χ0) is 22.8. The Morgan fingerprint density at radius 2 is 1.91 bits per heavy atom. The molecule has 0 radical (unpaired) electrons. The van der Waals surface area contributed by atoms with E-state index in [0.29, 0.717) is 52.7 Å². The van der Waals surface area contributed by atoms with Crippen molar-refractivity contribution in [3.05, 3.63) is 58.5 Å². The number of amides is 2. The van der Waals surface area contributed by atoms with Crippen molar-refractivity contribution in [2.24, 2.45) is 0 Å². The van der Waals surface area contributed by atoms with Gasteiger partial charge in [0, 0.05) is 17.2 Å². The van der Waals surface area contributed by atoms with E-state index in [0.717, 1.165) is 16.2 Å². The molecule has 2 amide bonds. The fourth-order valence-electron chi connectivity index (χ4n) is 3.24. The van der Waals surface area contributed by atoms with E-state index in [4.69, 9.17) is 13.9 Å². The molecule has 33 heavy (non-hydrogen) atoms. The number of carbonyl (C=O) groups excluding carboxylic acids is 2. The second-order valence-corrected chi connectivity index (χ2v) is 9.13. The van der Waals surface area contributed by atoms with Crippen molar-refractivity contribution in [1.29, 1.82) is 0 Å². The zero-order valence-corrected chi connectivity index (χ0v) is 19.2. The largest absolute Gasteiger partial charge is 0.486 e. The molecule has 0 atom stereocenters. The van der Waals surface area contributed by atoms with Gasteiger partial charge in [0.15, 0.2) is 22.4 Å². The van der Waals surface area contributed by atoms with Gasteiger partial charge in [-0.15, -0.1) is 22.7 Å². The van der Waals surface area contributed by atoms with Gasteiger partial charge in [-0.05, 0) is 48.0 Å². The van der Waals surface area contributed by atoms with Crippen molar-refractivity contribution >= 4 is 39.6 Å². The average Bonchev–Trinajstić information content (AvgIpc) is 3.58. The Labute approximate surface area is 197 Å². The number of nitrogens with one attached hydrogen (secondary N) is 2. The van der Waals surface area contributed by atoms with E-state index in [1.165, 1.54) is 29.6 Å². The summed E-state index contributed by atoms with van der Waals surface area (Å²) in [6.45, 7) is 2.84. The number of fused-ring (bicyclic) bond motifs is 1. The standard InChI is InChI=1S/C23H19N3O5S2/c1-13(27)24-11-15-3-5-17(31-15)16-12-32-23(25-16)26-22(28)21-7-6-20(33-21)14-2-4-18-19(10-14)30-9-8-29-18/h2-7,10,12H,8-9,11H2,1H3,(H,24,27)(H,25,26,28). The molecule has 2 N–H and O–H groups in total. The van der Waals surface area contributed by atoms with Gasteiger partial charge in [-0.3, -0.25) is 14.9 Å². The molecule has 0 unspecified atom stereocenters. The second-order valence-electron chi connectivity index (χ2n) is 7.19. The van der Waals surface area contributed by atoms with Gasteiger partial charge in [0.05, 0.1) is 11.4 Å². The third-order valence-corrected chi connectivity index (χ3v) is 6.70. The lowest BCUT2D eigenvalue weighted by Gasteiger charge is -2.18. The van der Waals surface area contributed by atoms with Crippen LogP contribution in [0.15, 0.2) is 52.3 Å². The summed E-state index contributed by atoms with van der Waals surface area (Å²) in [6.07, 6.45) is 0. The number of ether oxygens (including phenoxy) is 2. The van der Waals surface area contributed by atoms with Gasteiger partial charge >= 0.3 is 0 Å². The molecule has 1 aliphatic rings. The molecule has 1 aliphatic heterocycles. The SMILES string of the molecule is CC(=O)NCc1ccc(-c2csc(NC(=O)c3ccc(-c4ccc5c(c4)OCCO5)s3)n2)o1. The predicted molar refractivity (Wildman–Crippen MR) is 126 cm³/mol. The fraction of sp³-hybridized carbons (Fsp3) is 0.174. The average molecular weight is 482 g/mol. The van der Waals surface area contributed by atoms with E-state index in [1.807, 2.05) is 29.6 Å². The number of nitrogens with zero attached hydrogens (tertiary/aromatic N) is 1. The summed E-state index contributed by atoms with van der Waals surface area (Å²) in [4.78, 5) is 29.8. The molecule has 8 nitrogen and oxygen atoms in total. The van der Waals surface area contributed by atoms with Gasteiger partial charge in [-0.25, -0.2) is 4.98 Å². The Kier molecular flexibility index (Phi) is 5.84. The summed E-state index contributed by atoms with van der Waals surface area (Å²) in [5.74, 6) is 2.30. The minimum Gasteiger partial charge on any atom is -0.486 e. The van der Waals surface area contributed by atoms with Crippen LogP contribution in [0.5, 0.6) is 11.5 Å². The molecule has 168 valence electrons. The third-order valence-electron chi connectivity index (χ3n) is 4.81. The molecule has 1 aromatic carbocycles. The minimum absolute atomic E-state index is 0.127. The van der Waals surface area contributed by atoms with Crippen LogP contribution in [-0.4, -0.2) is 30.0 Å². The van der Waals surface area contributed by atoms with Crippen LogP contribution in [0.2, 0.25) is 0 Å². The molecule has 0 aliphatic carbocycles. The first-order valence-electron chi connectivity index (χ1n) is 10.2. The smallest absolute Gasteiger partial charge is 0.267 e. The normalized spacial score (nSPS) is 12.4. The third kappa shape index (κ3) is 4.76. The van der Waals surface area contributed by atoms with Crippen LogP contribution in [0.3, 0.4) is 0 Å². The number of hydrogen-bond acceptors (Lipinski definition) is 8. The van der Waals surface area contributed by atoms with E-state index < -0.39 is 0 Å². The lowest BCUT2D eigenvalue weighted by atomic mass is 10.1. The molecule has 5 rings (SSSR count). The van der Waals surface area contributed by atoms with Gasteiger partial charge in [0.2, 0.25) is 5.91 Å². The number of carbonyl (C=O) groups is 2. The Morgan fingerprint density at radius 1 is 1.06 bits per heavy atom. The number of aromatic nitrogens is 1. The molecule has 0 bridgehead atoms. The monoisotopic (exact) mass is 481 g/mol. The first-order valence-corrected chi connectivity index (χ1v) is 11.8. The van der Waals surface area contributed by atoms with Crippen molar-refractivity contribution < 1.29 is 23.5 Å². The van der Waals surface area contributed by atoms with Crippen LogP contribution < -0.4 is 20.1 Å². The Hall–Kier alpha value is -3.63. The highest BCUT2D eigenvalue weighted by Crippen LogP contribution is 2.37. The van der Waals surface area contributed by atoms with E-state index in [1.54, 1.807) is 18.2 Å². The van der Waals surface area contributed by atoms with Crippen LogP contribution in [0.1, 0.15) is 22.4 Å². The van der Waals surface area contributed by atoms with Gasteiger partial charge in [0.25, 0.3) is 5.91 Å². The molecule has 4 aromatic rings. The summed E-state index contributed by atoms with van der Waals surface area (Å²) < 4.78 is 16.9. The van der Waals surface area contributed by atoms with Crippen LogP contribution in [-0.2, 0) is 11.3 Å². The predicted octanol–water partition coefficient (Wildman–Crippen LogP) is 4.79. The topological polar surface area (TPSA) is 103 Å². The number of thiazole rings is 1. The molecule has 4 heterocycles. The van der Waals surface area contributed by atoms with Crippen molar-refractivity contribution in [1.82, 2.24) is 10.3 Å². The van der Waals surface area contributed by atoms with Crippen molar-refractivity contribution in [3.63, 3.8) is 0 Å². The summed E-state index contributed by atoms with van der Waals surface area (Å²) >= 11 is 2.71. The highest BCUT2D eigenvalue weighted by molar-refractivity contribution is 7.17. The van der Waals surface area contributed by atoms with Gasteiger partial charge in [-0.1, -0.05) is 0 Å². The van der Waals surface area contributed by atoms with Gasteiger partial charge in [0.1, 0.15) is 24.7 Å². The van der Waals surface area contributed by atoms with E-state index in [9.17, 15) is 9.59 Å². The highest BCUT2D eigenvalue weighted by atomic mass is 32.1. The number of thiophene rings is 1. The fourth-order valence-corrected chi connectivity index (χ4v) is 4.83. The molecule has 0 fully saturated rings. The Balaban J connectivity index is 1.25. The summed E-state index contributed by atoms with van der Waals surface area (Å²) in [7, 11) is 0. The van der Waals surface area contributed by atoms with E-state index in [2.05, 4.69) is 15.6 Å². The summed E-state index contributed by atoms with van der Waals surface area (Å²) in [5.41, 5.74) is 1.58. The Morgan fingerprint density at radius 3 is 2.76 bits per heavy atom. The number of anilines is 1. The van der Waals surface area contributed by atoms with E-state index >= 15 is 0 Å². The highest BCUT2D eigenvalue weighted by Gasteiger charge is 2.17. The number of furan rings is 1. The van der Waals surface area contributed by atoms with Crippen LogP contribution in [0.4, 0.5) is 5.13 Å². The lowest BCUT2D eigenvalue weighted by Crippen LogP contribution is -2.18.